The van der Waals surface area contributed by atoms with Gasteiger partial charge in [-0.05, 0) is 31.7 Å². The van der Waals surface area contributed by atoms with Crippen LogP contribution >= 0.6 is 0 Å². The van der Waals surface area contributed by atoms with Crippen molar-refractivity contribution in [3.63, 3.8) is 0 Å². The molecule has 2 aliphatic rings. The molecule has 1 aliphatic carbocycles. The Hall–Kier alpha value is -3.20. The molecule has 1 N–H and O–H groups in total. The summed E-state index contributed by atoms with van der Waals surface area (Å²) in [6.45, 7) is 3.16. The van der Waals surface area contributed by atoms with Crippen LogP contribution in [0.2, 0.25) is 0 Å². The number of aromatic nitrogens is 4. The Morgan fingerprint density at radius 2 is 1.88 bits per heavy atom. The molecule has 32 heavy (non-hydrogen) atoms. The van der Waals surface area contributed by atoms with Gasteiger partial charge in [0.2, 0.25) is 0 Å². The third kappa shape index (κ3) is 4.52. The zero-order chi connectivity index (χ0) is 21.9. The van der Waals surface area contributed by atoms with E-state index in [-0.39, 0.29) is 18.1 Å². The largest absolute Gasteiger partial charge is 0.488 e. The van der Waals surface area contributed by atoms with Crippen molar-refractivity contribution >= 4 is 22.6 Å². The molecule has 0 bridgehead atoms. The Kier molecular flexibility index (Phi) is 5.89. The second-order valence-electron chi connectivity index (χ2n) is 8.46. The third-order valence-electron chi connectivity index (χ3n) is 6.14. The van der Waals surface area contributed by atoms with Gasteiger partial charge >= 0.3 is 0 Å². The van der Waals surface area contributed by atoms with Crippen molar-refractivity contribution < 1.29 is 14.3 Å². The molecule has 0 unspecified atom stereocenters. The molecule has 168 valence electrons. The molecule has 2 fully saturated rings. The first kappa shape index (κ1) is 20.7. The molecule has 1 aromatic carbocycles. The average Bonchev–Trinajstić information content (AvgIpc) is 3.27. The van der Waals surface area contributed by atoms with Crippen molar-refractivity contribution in [2.24, 2.45) is 7.05 Å². The number of amides is 1. The van der Waals surface area contributed by atoms with Crippen LogP contribution in [0.3, 0.4) is 0 Å². The predicted molar refractivity (Wildman–Crippen MR) is 120 cm³/mol. The number of hydrogen-bond donors (Lipinski definition) is 1. The first-order chi connectivity index (χ1) is 15.7. The molecule has 1 saturated heterocycles. The maximum atomic E-state index is 12.4. The summed E-state index contributed by atoms with van der Waals surface area (Å²) in [5, 5.41) is 3.10. The van der Waals surface area contributed by atoms with Gasteiger partial charge in [0, 0.05) is 56.5 Å². The lowest BCUT2D eigenvalue weighted by molar-refractivity contribution is 0.0890. The minimum Gasteiger partial charge on any atom is -0.488 e. The Balaban J connectivity index is 1.25. The SMILES string of the molecule is Cn1cnc(C(=O)NC2CCC(Oc3cc(N4CCOCC4)cc4nccnc34)CC2)c1. The highest BCUT2D eigenvalue weighted by molar-refractivity contribution is 5.92. The molecule has 3 heterocycles. The number of ether oxygens (including phenoxy) is 2. The van der Waals surface area contributed by atoms with Crippen molar-refractivity contribution in [1.29, 1.82) is 0 Å². The standard InChI is InChI=1S/C23H28N6O3/c1-28-14-20(26-15-28)23(30)27-16-2-4-18(5-3-16)32-21-13-17(29-8-10-31-11-9-29)12-19-22(21)25-7-6-24-19/h6-7,12-16,18H,2-5,8-11H2,1H3,(H,27,30). The summed E-state index contributed by atoms with van der Waals surface area (Å²) in [7, 11) is 1.86. The van der Waals surface area contributed by atoms with E-state index in [0.717, 1.165) is 74.5 Å². The molecular weight excluding hydrogens is 408 g/mol. The van der Waals surface area contributed by atoms with E-state index in [4.69, 9.17) is 9.47 Å². The number of fused-ring (bicyclic) bond motifs is 1. The van der Waals surface area contributed by atoms with Crippen molar-refractivity contribution in [2.45, 2.75) is 37.8 Å². The second kappa shape index (κ2) is 9.12. The number of anilines is 1. The van der Waals surface area contributed by atoms with E-state index in [1.165, 1.54) is 0 Å². The zero-order valence-electron chi connectivity index (χ0n) is 18.2. The summed E-state index contributed by atoms with van der Waals surface area (Å²) in [5.41, 5.74) is 3.17. The van der Waals surface area contributed by atoms with E-state index in [1.54, 1.807) is 29.5 Å². The fourth-order valence-electron chi connectivity index (χ4n) is 4.42. The number of carbonyl (C=O) groups excluding carboxylic acids is 1. The molecule has 0 radical (unpaired) electrons. The number of imidazole rings is 1. The maximum absolute atomic E-state index is 12.4. The van der Waals surface area contributed by atoms with E-state index >= 15 is 0 Å². The van der Waals surface area contributed by atoms with Crippen LogP contribution in [0.25, 0.3) is 11.0 Å². The van der Waals surface area contributed by atoms with Crippen LogP contribution in [0.5, 0.6) is 5.75 Å². The van der Waals surface area contributed by atoms with Crippen LogP contribution in [0.1, 0.15) is 36.2 Å². The van der Waals surface area contributed by atoms with Gasteiger partial charge in [0.15, 0.2) is 0 Å². The van der Waals surface area contributed by atoms with Gasteiger partial charge in [0.25, 0.3) is 5.91 Å². The number of morpholine rings is 1. The van der Waals surface area contributed by atoms with Crippen LogP contribution in [-0.2, 0) is 11.8 Å². The lowest BCUT2D eigenvalue weighted by atomic mass is 9.92. The quantitative estimate of drug-likeness (QED) is 0.656. The van der Waals surface area contributed by atoms with Crippen LogP contribution in [0, 0.1) is 0 Å². The van der Waals surface area contributed by atoms with E-state index in [1.807, 2.05) is 7.05 Å². The smallest absolute Gasteiger partial charge is 0.271 e. The molecule has 3 aromatic rings. The zero-order valence-corrected chi connectivity index (χ0v) is 18.2. The van der Waals surface area contributed by atoms with Gasteiger partial charge in [-0.1, -0.05) is 0 Å². The number of aryl methyl sites for hydroxylation is 1. The van der Waals surface area contributed by atoms with Gasteiger partial charge in [-0.2, -0.15) is 0 Å². The summed E-state index contributed by atoms with van der Waals surface area (Å²) in [6, 6.07) is 4.29. The maximum Gasteiger partial charge on any atom is 0.271 e. The van der Waals surface area contributed by atoms with Crippen molar-refractivity contribution in [2.75, 3.05) is 31.2 Å². The van der Waals surface area contributed by atoms with Crippen LogP contribution in [0.15, 0.2) is 37.1 Å². The monoisotopic (exact) mass is 436 g/mol. The first-order valence-corrected chi connectivity index (χ1v) is 11.2. The van der Waals surface area contributed by atoms with E-state index in [2.05, 4.69) is 37.3 Å². The molecule has 9 nitrogen and oxygen atoms in total. The van der Waals surface area contributed by atoms with Crippen LogP contribution in [-0.4, -0.2) is 63.9 Å². The normalized spacial score (nSPS) is 21.5. The van der Waals surface area contributed by atoms with Gasteiger partial charge in [0.05, 0.1) is 31.2 Å². The Morgan fingerprint density at radius 3 is 2.62 bits per heavy atom. The lowest BCUT2D eigenvalue weighted by Gasteiger charge is -2.31. The number of carbonyl (C=O) groups is 1. The minimum atomic E-state index is -0.116. The van der Waals surface area contributed by atoms with Gasteiger partial charge in [0.1, 0.15) is 17.0 Å². The van der Waals surface area contributed by atoms with E-state index in [9.17, 15) is 4.79 Å². The Labute approximate surface area is 186 Å². The van der Waals surface area contributed by atoms with Crippen molar-refractivity contribution in [3.8, 4) is 5.75 Å². The lowest BCUT2D eigenvalue weighted by Crippen LogP contribution is -2.40. The van der Waals surface area contributed by atoms with E-state index in [0.29, 0.717) is 5.69 Å². The molecular formula is C23H28N6O3. The van der Waals surface area contributed by atoms with Crippen molar-refractivity contribution in [3.05, 3.63) is 42.7 Å². The molecule has 1 saturated carbocycles. The first-order valence-electron chi connectivity index (χ1n) is 11.2. The van der Waals surface area contributed by atoms with Gasteiger partial charge in [-0.25, -0.2) is 9.97 Å². The summed E-state index contributed by atoms with van der Waals surface area (Å²) < 4.78 is 13.7. The van der Waals surface area contributed by atoms with Crippen LogP contribution < -0.4 is 15.0 Å². The summed E-state index contributed by atoms with van der Waals surface area (Å²) in [6.07, 6.45) is 10.4. The average molecular weight is 437 g/mol. The summed E-state index contributed by atoms with van der Waals surface area (Å²) in [4.78, 5) is 27.9. The molecule has 1 amide bonds. The van der Waals surface area contributed by atoms with E-state index < -0.39 is 0 Å². The summed E-state index contributed by atoms with van der Waals surface area (Å²) in [5.74, 6) is 0.660. The molecule has 0 atom stereocenters. The minimum absolute atomic E-state index is 0.0862. The predicted octanol–water partition coefficient (Wildman–Crippen LogP) is 2.32. The number of rotatable bonds is 5. The Morgan fingerprint density at radius 1 is 1.09 bits per heavy atom. The highest BCUT2D eigenvalue weighted by Crippen LogP contribution is 2.33. The third-order valence-corrected chi connectivity index (χ3v) is 6.14. The number of hydrogen-bond acceptors (Lipinski definition) is 7. The number of benzene rings is 1. The van der Waals surface area contributed by atoms with Gasteiger partial charge < -0.3 is 24.3 Å². The second-order valence-corrected chi connectivity index (χ2v) is 8.46. The molecule has 1 aliphatic heterocycles. The Bertz CT molecular complexity index is 1090. The van der Waals surface area contributed by atoms with Gasteiger partial charge in [-0.15, -0.1) is 0 Å². The summed E-state index contributed by atoms with van der Waals surface area (Å²) >= 11 is 0. The van der Waals surface area contributed by atoms with Gasteiger partial charge in [-0.3, -0.25) is 9.78 Å². The molecule has 2 aromatic heterocycles. The number of nitrogens with one attached hydrogen (secondary N) is 1. The molecule has 0 spiro atoms. The number of nitrogens with zero attached hydrogens (tertiary/aromatic N) is 5. The van der Waals surface area contributed by atoms with Crippen molar-refractivity contribution in [1.82, 2.24) is 24.8 Å². The molecule has 5 rings (SSSR count). The highest BCUT2D eigenvalue weighted by atomic mass is 16.5. The fraction of sp³-hybridized carbons (Fsp3) is 0.478. The fourth-order valence-corrected chi connectivity index (χ4v) is 4.42. The molecule has 9 heteroatoms. The van der Waals surface area contributed by atoms with Crippen LogP contribution in [0.4, 0.5) is 5.69 Å². The topological polar surface area (TPSA) is 94.4 Å². The highest BCUT2D eigenvalue weighted by Gasteiger charge is 2.26.